The van der Waals surface area contributed by atoms with E-state index in [1.165, 1.54) is 4.90 Å². The number of piperidine rings is 1. The average molecular weight is 517 g/mol. The van der Waals surface area contributed by atoms with Gasteiger partial charge in [0, 0.05) is 48.0 Å². The van der Waals surface area contributed by atoms with Gasteiger partial charge in [0.05, 0.1) is 6.04 Å². The Bertz CT molecular complexity index is 1140. The number of amides is 4. The molecule has 2 fully saturated rings. The Labute approximate surface area is 214 Å². The van der Waals surface area contributed by atoms with E-state index in [1.807, 2.05) is 0 Å². The minimum Gasteiger partial charge on any atom is -0.351 e. The summed E-state index contributed by atoms with van der Waals surface area (Å²) in [6, 6.07) is 5.98. The van der Waals surface area contributed by atoms with Crippen LogP contribution in [0.15, 0.2) is 24.3 Å². The van der Waals surface area contributed by atoms with Gasteiger partial charge in [-0.3, -0.25) is 19.2 Å². The summed E-state index contributed by atoms with van der Waals surface area (Å²) in [6.07, 6.45) is 2.91. The van der Waals surface area contributed by atoms with Crippen molar-refractivity contribution in [3.05, 3.63) is 35.0 Å². The van der Waals surface area contributed by atoms with Crippen LogP contribution in [0.4, 0.5) is 0 Å². The molecule has 2 aliphatic rings. The molecule has 0 radical (unpaired) electrons. The van der Waals surface area contributed by atoms with Gasteiger partial charge in [-0.1, -0.05) is 11.6 Å². The maximum atomic E-state index is 13.1. The summed E-state index contributed by atoms with van der Waals surface area (Å²) < 4.78 is 0. The van der Waals surface area contributed by atoms with E-state index < -0.39 is 23.9 Å². The molecule has 2 heterocycles. The number of carbonyl (C=O) groups excluding carboxylic acids is 4. The van der Waals surface area contributed by atoms with Gasteiger partial charge in [0.1, 0.15) is 5.69 Å². The van der Waals surface area contributed by atoms with Crippen LogP contribution in [0.5, 0.6) is 0 Å². The summed E-state index contributed by atoms with van der Waals surface area (Å²) in [5, 5.41) is 13.2. The standard InChI is InChI=1S/C25H33ClN6O4/c1-32(2)25(36)14-3-5-19(30-22(33)21-13-15-11-16(26)4-6-18(15)29-21)20(12-14)31-24(35)23(34)28-17-7-9-27-10-8-17/h4,6,11,13-14,17,19-20,27,29H,3,5,7-10,12H2,1-2H3,(H,28,34)(H,30,33)(H,31,35)/t14-,19-,20+/m0/s1. The van der Waals surface area contributed by atoms with E-state index in [4.69, 9.17) is 11.6 Å². The van der Waals surface area contributed by atoms with Gasteiger partial charge < -0.3 is 31.2 Å². The van der Waals surface area contributed by atoms with Gasteiger partial charge in [0.15, 0.2) is 0 Å². The Kier molecular flexibility index (Phi) is 8.15. The van der Waals surface area contributed by atoms with Gasteiger partial charge in [-0.15, -0.1) is 0 Å². The fourth-order valence-corrected chi connectivity index (χ4v) is 5.20. The van der Waals surface area contributed by atoms with Gasteiger partial charge in [-0.2, -0.15) is 0 Å². The number of aromatic nitrogens is 1. The maximum absolute atomic E-state index is 13.1. The third-order valence-electron chi connectivity index (χ3n) is 6.98. The van der Waals surface area contributed by atoms with Crippen molar-refractivity contribution in [2.24, 2.45) is 5.92 Å². The summed E-state index contributed by atoms with van der Waals surface area (Å²) in [4.78, 5) is 55.7. The Balaban J connectivity index is 1.45. The van der Waals surface area contributed by atoms with Crippen molar-refractivity contribution in [1.29, 1.82) is 0 Å². The molecule has 1 aliphatic heterocycles. The van der Waals surface area contributed by atoms with E-state index in [2.05, 4.69) is 26.3 Å². The number of benzene rings is 1. The van der Waals surface area contributed by atoms with Gasteiger partial charge >= 0.3 is 11.8 Å². The average Bonchev–Trinajstić information content (AvgIpc) is 3.28. The van der Waals surface area contributed by atoms with Crippen molar-refractivity contribution >= 4 is 46.1 Å². The monoisotopic (exact) mass is 516 g/mol. The van der Waals surface area contributed by atoms with Gasteiger partial charge in [-0.25, -0.2) is 0 Å². The highest BCUT2D eigenvalue weighted by atomic mass is 35.5. The molecule has 0 bridgehead atoms. The summed E-state index contributed by atoms with van der Waals surface area (Å²) in [5.74, 6) is -2.12. The zero-order valence-electron chi connectivity index (χ0n) is 20.5. The molecular formula is C25H33ClN6O4. The number of fused-ring (bicyclic) bond motifs is 1. The maximum Gasteiger partial charge on any atom is 0.309 e. The molecule has 194 valence electrons. The first-order chi connectivity index (χ1) is 17.2. The van der Waals surface area contributed by atoms with Crippen LogP contribution in [-0.2, 0) is 14.4 Å². The molecule has 36 heavy (non-hydrogen) atoms. The third-order valence-corrected chi connectivity index (χ3v) is 7.22. The SMILES string of the molecule is CN(C)C(=O)[C@H]1CC[C@H](NC(=O)c2cc3cc(Cl)ccc3[nH]2)[C@H](NC(=O)C(=O)NC2CCNCC2)C1. The number of rotatable bonds is 5. The molecule has 1 aromatic carbocycles. The number of carbonyl (C=O) groups is 4. The van der Waals surface area contributed by atoms with Gasteiger partial charge in [0.2, 0.25) is 5.91 Å². The lowest BCUT2D eigenvalue weighted by Crippen LogP contribution is -2.58. The zero-order chi connectivity index (χ0) is 25.8. The van der Waals surface area contributed by atoms with Crippen LogP contribution in [0, 0.1) is 5.92 Å². The minimum atomic E-state index is -0.754. The number of hydrogen-bond acceptors (Lipinski definition) is 5. The molecule has 1 aromatic heterocycles. The van der Waals surface area contributed by atoms with Crippen LogP contribution < -0.4 is 21.3 Å². The van der Waals surface area contributed by atoms with E-state index in [0.717, 1.165) is 36.8 Å². The Morgan fingerprint density at radius 3 is 2.36 bits per heavy atom. The van der Waals surface area contributed by atoms with E-state index in [-0.39, 0.29) is 23.8 Å². The van der Waals surface area contributed by atoms with Crippen molar-refractivity contribution in [2.75, 3.05) is 27.2 Å². The number of nitrogens with one attached hydrogen (secondary N) is 5. The lowest BCUT2D eigenvalue weighted by molar-refractivity contribution is -0.141. The fourth-order valence-electron chi connectivity index (χ4n) is 5.02. The molecule has 2 aromatic rings. The Hall–Kier alpha value is -3.11. The topological polar surface area (TPSA) is 135 Å². The normalized spacial score (nSPS) is 22.6. The van der Waals surface area contributed by atoms with Crippen LogP contribution >= 0.6 is 11.6 Å². The minimum absolute atomic E-state index is 0.0364. The smallest absolute Gasteiger partial charge is 0.309 e. The van der Waals surface area contributed by atoms with Crippen LogP contribution in [0.3, 0.4) is 0 Å². The van der Waals surface area contributed by atoms with Crippen LogP contribution in [0.2, 0.25) is 5.02 Å². The van der Waals surface area contributed by atoms with E-state index in [0.29, 0.717) is 30.0 Å². The third kappa shape index (κ3) is 6.17. The van der Waals surface area contributed by atoms with Crippen LogP contribution in [-0.4, -0.2) is 78.8 Å². The number of H-pyrrole nitrogens is 1. The Morgan fingerprint density at radius 1 is 0.917 bits per heavy atom. The highest BCUT2D eigenvalue weighted by Gasteiger charge is 2.37. The Morgan fingerprint density at radius 2 is 1.64 bits per heavy atom. The molecule has 3 atom stereocenters. The van der Waals surface area contributed by atoms with Gasteiger partial charge in [-0.05, 0) is 69.5 Å². The second-order valence-electron chi connectivity index (χ2n) is 9.81. The summed E-state index contributed by atoms with van der Waals surface area (Å²) >= 11 is 6.06. The molecule has 11 heteroatoms. The summed E-state index contributed by atoms with van der Waals surface area (Å²) in [7, 11) is 3.39. The van der Waals surface area contributed by atoms with Gasteiger partial charge in [0.25, 0.3) is 5.91 Å². The highest BCUT2D eigenvalue weighted by molar-refractivity contribution is 6.35. The lowest BCUT2D eigenvalue weighted by atomic mass is 9.81. The second kappa shape index (κ2) is 11.3. The van der Waals surface area contributed by atoms with Crippen LogP contribution in [0.1, 0.15) is 42.6 Å². The summed E-state index contributed by atoms with van der Waals surface area (Å²) in [5.41, 5.74) is 1.15. The number of halogens is 1. The predicted molar refractivity (Wildman–Crippen MR) is 137 cm³/mol. The molecule has 0 spiro atoms. The van der Waals surface area contributed by atoms with Crippen molar-refractivity contribution in [1.82, 2.24) is 31.2 Å². The van der Waals surface area contributed by atoms with Crippen molar-refractivity contribution in [2.45, 2.75) is 50.2 Å². The van der Waals surface area contributed by atoms with E-state index >= 15 is 0 Å². The van der Waals surface area contributed by atoms with E-state index in [1.54, 1.807) is 38.4 Å². The van der Waals surface area contributed by atoms with E-state index in [9.17, 15) is 19.2 Å². The molecule has 1 saturated heterocycles. The molecule has 4 amide bonds. The number of nitrogens with zero attached hydrogens (tertiary/aromatic N) is 1. The van der Waals surface area contributed by atoms with Crippen molar-refractivity contribution in [3.8, 4) is 0 Å². The number of aromatic amines is 1. The van der Waals surface area contributed by atoms with Crippen molar-refractivity contribution < 1.29 is 19.2 Å². The molecule has 1 saturated carbocycles. The molecule has 4 rings (SSSR count). The molecule has 1 aliphatic carbocycles. The highest BCUT2D eigenvalue weighted by Crippen LogP contribution is 2.27. The first kappa shape index (κ1) is 26.0. The van der Waals surface area contributed by atoms with Crippen LogP contribution in [0.25, 0.3) is 10.9 Å². The fraction of sp³-hybridized carbons (Fsp3) is 0.520. The molecule has 0 unspecified atom stereocenters. The first-order valence-corrected chi connectivity index (χ1v) is 12.7. The van der Waals surface area contributed by atoms with Crippen molar-refractivity contribution in [3.63, 3.8) is 0 Å². The zero-order valence-corrected chi connectivity index (χ0v) is 21.3. The number of hydrogen-bond donors (Lipinski definition) is 5. The lowest BCUT2D eigenvalue weighted by Gasteiger charge is -2.37. The summed E-state index contributed by atoms with van der Waals surface area (Å²) in [6.45, 7) is 1.58. The molecule has 5 N–H and O–H groups in total. The first-order valence-electron chi connectivity index (χ1n) is 12.3. The largest absolute Gasteiger partial charge is 0.351 e. The second-order valence-corrected chi connectivity index (χ2v) is 10.3. The quantitative estimate of drug-likeness (QED) is 0.380. The predicted octanol–water partition coefficient (Wildman–Crippen LogP) is 1.16. The molecule has 10 nitrogen and oxygen atoms in total. The molecular weight excluding hydrogens is 484 g/mol.